The van der Waals surface area contributed by atoms with Gasteiger partial charge in [0.1, 0.15) is 16.9 Å². The molecule has 1 aliphatic heterocycles. The van der Waals surface area contributed by atoms with Gasteiger partial charge in [0, 0.05) is 5.56 Å². The largest absolute Gasteiger partial charge is 0.497 e. The van der Waals surface area contributed by atoms with E-state index in [1.807, 2.05) is 60.4 Å². The summed E-state index contributed by atoms with van der Waals surface area (Å²) in [6.07, 6.45) is 1.61. The summed E-state index contributed by atoms with van der Waals surface area (Å²) in [5.74, 6) is 1.91. The van der Waals surface area contributed by atoms with Crippen LogP contribution in [0.1, 0.15) is 45.6 Å². The lowest BCUT2D eigenvalue weighted by molar-refractivity contribution is -0.128. The number of methoxy groups -OCH3 is 1. The topological polar surface area (TPSA) is 71.8 Å². The molecule has 4 rings (SSSR count). The summed E-state index contributed by atoms with van der Waals surface area (Å²) in [5, 5.41) is 2.93. The van der Waals surface area contributed by atoms with Gasteiger partial charge >= 0.3 is 0 Å². The van der Waals surface area contributed by atoms with E-state index in [-0.39, 0.29) is 23.2 Å². The maximum absolute atomic E-state index is 12.7. The number of rotatable bonds is 7. The number of ether oxygens (including phenoxy) is 1. The lowest BCUT2D eigenvalue weighted by Crippen LogP contribution is -2.28. The zero-order valence-electron chi connectivity index (χ0n) is 17.4. The molecule has 31 heavy (non-hydrogen) atoms. The molecule has 1 aromatic heterocycles. The fraction of sp³-hybridized carbons (Fsp3) is 0.250. The van der Waals surface area contributed by atoms with Crippen LogP contribution in [0.15, 0.2) is 71.3 Å². The number of hydrogen-bond donors (Lipinski definition) is 1. The minimum atomic E-state index is -0.141. The molecule has 3 aromatic rings. The fourth-order valence-electron chi connectivity index (χ4n) is 3.53. The molecule has 0 aliphatic carbocycles. The van der Waals surface area contributed by atoms with Crippen molar-refractivity contribution in [2.75, 3.05) is 12.9 Å². The van der Waals surface area contributed by atoms with Crippen molar-refractivity contribution >= 4 is 23.6 Å². The smallest absolute Gasteiger partial charge is 0.251 e. The second-order valence-electron chi connectivity index (χ2n) is 7.35. The second-order valence-corrected chi connectivity index (χ2v) is 8.42. The minimum Gasteiger partial charge on any atom is -0.497 e. The first-order valence-electron chi connectivity index (χ1n) is 10.0. The Morgan fingerprint density at radius 2 is 1.94 bits per heavy atom. The zero-order chi connectivity index (χ0) is 21.8. The van der Waals surface area contributed by atoms with E-state index in [2.05, 4.69) is 5.32 Å². The highest BCUT2D eigenvalue weighted by atomic mass is 32.2. The highest BCUT2D eigenvalue weighted by Gasteiger charge is 2.33. The van der Waals surface area contributed by atoms with Crippen LogP contribution in [0.4, 0.5) is 0 Å². The van der Waals surface area contributed by atoms with Crippen molar-refractivity contribution < 1.29 is 18.7 Å². The number of nitrogens with one attached hydrogen (secondary N) is 1. The molecular weight excluding hydrogens is 412 g/mol. The van der Waals surface area contributed by atoms with Gasteiger partial charge in [0.15, 0.2) is 0 Å². The summed E-state index contributed by atoms with van der Waals surface area (Å²) >= 11 is 1.58. The third-order valence-electron chi connectivity index (χ3n) is 5.30. The molecule has 7 heteroatoms. The Morgan fingerprint density at radius 1 is 1.19 bits per heavy atom. The maximum Gasteiger partial charge on any atom is 0.251 e. The fourth-order valence-corrected chi connectivity index (χ4v) is 4.71. The molecule has 1 aliphatic rings. The SMILES string of the molecule is COc1ccc([C@@H](C)NC(=O)c2ccc([C@H]3SCC(=O)N3Cc3ccco3)cc2)cc1. The van der Waals surface area contributed by atoms with Gasteiger partial charge in [-0.1, -0.05) is 24.3 Å². The van der Waals surface area contributed by atoms with E-state index in [4.69, 9.17) is 9.15 Å². The molecule has 1 N–H and O–H groups in total. The van der Waals surface area contributed by atoms with Crippen molar-refractivity contribution in [2.45, 2.75) is 24.9 Å². The van der Waals surface area contributed by atoms with Crippen molar-refractivity contribution in [3.05, 3.63) is 89.4 Å². The van der Waals surface area contributed by atoms with Crippen LogP contribution >= 0.6 is 11.8 Å². The molecule has 2 heterocycles. The number of carbonyl (C=O) groups excluding carboxylic acids is 2. The molecule has 6 nitrogen and oxygen atoms in total. The average Bonchev–Trinajstić information content (AvgIpc) is 3.44. The molecule has 2 amide bonds. The van der Waals surface area contributed by atoms with Crippen molar-refractivity contribution in [1.29, 1.82) is 0 Å². The van der Waals surface area contributed by atoms with Crippen LogP contribution in [0, 0.1) is 0 Å². The molecule has 2 atom stereocenters. The second kappa shape index (κ2) is 9.31. The first-order valence-corrected chi connectivity index (χ1v) is 11.1. The summed E-state index contributed by atoms with van der Waals surface area (Å²) in [7, 11) is 1.63. The summed E-state index contributed by atoms with van der Waals surface area (Å²) < 4.78 is 10.6. The molecule has 0 radical (unpaired) electrons. The van der Waals surface area contributed by atoms with Crippen molar-refractivity contribution in [2.24, 2.45) is 0 Å². The summed E-state index contributed by atoms with van der Waals surface area (Å²) in [4.78, 5) is 26.9. The zero-order valence-corrected chi connectivity index (χ0v) is 18.2. The Bertz CT molecular complexity index is 1030. The molecule has 2 aromatic carbocycles. The van der Waals surface area contributed by atoms with E-state index in [1.165, 1.54) is 0 Å². The van der Waals surface area contributed by atoms with Gasteiger partial charge in [-0.05, 0) is 54.4 Å². The van der Waals surface area contributed by atoms with E-state index < -0.39 is 0 Å². The van der Waals surface area contributed by atoms with Gasteiger partial charge < -0.3 is 19.4 Å². The van der Waals surface area contributed by atoms with E-state index in [9.17, 15) is 9.59 Å². The van der Waals surface area contributed by atoms with Crippen LogP contribution in [-0.4, -0.2) is 29.6 Å². The van der Waals surface area contributed by atoms with Crippen LogP contribution in [0.5, 0.6) is 5.75 Å². The number of benzene rings is 2. The van der Waals surface area contributed by atoms with Crippen LogP contribution in [0.2, 0.25) is 0 Å². The lowest BCUT2D eigenvalue weighted by atomic mass is 10.1. The average molecular weight is 437 g/mol. The minimum absolute atomic E-state index is 0.0848. The first kappa shape index (κ1) is 21.1. The summed E-state index contributed by atoms with van der Waals surface area (Å²) in [6, 6.07) is 18.6. The Balaban J connectivity index is 1.42. The highest BCUT2D eigenvalue weighted by molar-refractivity contribution is 8.00. The van der Waals surface area contributed by atoms with Crippen LogP contribution in [0.3, 0.4) is 0 Å². The number of carbonyl (C=O) groups is 2. The van der Waals surface area contributed by atoms with E-state index in [0.717, 1.165) is 22.6 Å². The van der Waals surface area contributed by atoms with Crippen LogP contribution in [-0.2, 0) is 11.3 Å². The van der Waals surface area contributed by atoms with E-state index >= 15 is 0 Å². The Morgan fingerprint density at radius 3 is 2.58 bits per heavy atom. The predicted octanol–water partition coefficient (Wildman–Crippen LogP) is 4.55. The molecule has 0 bridgehead atoms. The summed E-state index contributed by atoms with van der Waals surface area (Å²) in [5.41, 5.74) is 2.57. The molecule has 0 spiro atoms. The monoisotopic (exact) mass is 436 g/mol. The first-order chi connectivity index (χ1) is 15.0. The number of thioether (sulfide) groups is 1. The number of furan rings is 1. The van der Waals surface area contributed by atoms with Crippen molar-refractivity contribution in [1.82, 2.24) is 10.2 Å². The molecule has 160 valence electrons. The molecular formula is C24H24N2O4S. The molecule has 1 saturated heterocycles. The number of hydrogen-bond acceptors (Lipinski definition) is 5. The lowest BCUT2D eigenvalue weighted by Gasteiger charge is -2.23. The standard InChI is InChI=1S/C24H24N2O4S/c1-16(17-9-11-20(29-2)12-10-17)25-23(28)18-5-7-19(8-6-18)24-26(22(27)15-31-24)14-21-4-3-13-30-21/h3-13,16,24H,14-15H2,1-2H3,(H,25,28)/t16-,24-/m1/s1. The predicted molar refractivity (Wildman–Crippen MR) is 120 cm³/mol. The normalized spacial score (nSPS) is 16.9. The van der Waals surface area contributed by atoms with Crippen molar-refractivity contribution in [3.63, 3.8) is 0 Å². The molecule has 0 unspecified atom stereocenters. The Kier molecular flexibility index (Phi) is 6.32. The van der Waals surface area contributed by atoms with Gasteiger partial charge in [0.2, 0.25) is 5.91 Å². The van der Waals surface area contributed by atoms with Gasteiger partial charge in [0.25, 0.3) is 5.91 Å². The molecule has 1 fully saturated rings. The third-order valence-corrected chi connectivity index (χ3v) is 6.55. The third kappa shape index (κ3) is 4.77. The van der Waals surface area contributed by atoms with E-state index in [1.54, 1.807) is 37.3 Å². The van der Waals surface area contributed by atoms with Crippen molar-refractivity contribution in [3.8, 4) is 5.75 Å². The van der Waals surface area contributed by atoms with Gasteiger partial charge in [-0.2, -0.15) is 0 Å². The highest BCUT2D eigenvalue weighted by Crippen LogP contribution is 2.39. The number of nitrogens with zero attached hydrogens (tertiary/aromatic N) is 1. The Hall–Kier alpha value is -3.19. The van der Waals surface area contributed by atoms with Gasteiger partial charge in [0.05, 0.1) is 31.7 Å². The quantitative estimate of drug-likeness (QED) is 0.588. The van der Waals surface area contributed by atoms with Crippen LogP contribution < -0.4 is 10.1 Å². The molecule has 0 saturated carbocycles. The Labute approximate surface area is 185 Å². The number of amides is 2. The van der Waals surface area contributed by atoms with Gasteiger partial charge in [-0.3, -0.25) is 9.59 Å². The summed E-state index contributed by atoms with van der Waals surface area (Å²) in [6.45, 7) is 2.38. The maximum atomic E-state index is 12.7. The van der Waals surface area contributed by atoms with E-state index in [0.29, 0.717) is 17.9 Å². The van der Waals surface area contributed by atoms with Gasteiger partial charge in [-0.15, -0.1) is 11.8 Å². The van der Waals surface area contributed by atoms with Gasteiger partial charge in [-0.25, -0.2) is 0 Å². The van der Waals surface area contributed by atoms with Crippen LogP contribution in [0.25, 0.3) is 0 Å².